The first-order valence-electron chi connectivity index (χ1n) is 12.0. The van der Waals surface area contributed by atoms with Gasteiger partial charge in [0.1, 0.15) is 18.5 Å². The minimum atomic E-state index is 0.196. The van der Waals surface area contributed by atoms with Crippen LogP contribution in [0.1, 0.15) is 33.4 Å². The molecule has 4 aromatic rings. The summed E-state index contributed by atoms with van der Waals surface area (Å²) in [4.78, 5) is 0. The first-order valence-corrected chi connectivity index (χ1v) is 12.0. The molecule has 0 N–H and O–H groups in total. The summed E-state index contributed by atoms with van der Waals surface area (Å²) < 4.78 is 11.6. The molecule has 2 nitrogen and oxygen atoms in total. The van der Waals surface area contributed by atoms with Gasteiger partial charge in [-0.05, 0) is 33.9 Å². The predicted molar refractivity (Wildman–Crippen MR) is 148 cm³/mol. The molecule has 1 atom stereocenters. The molecular formula is C33H28O2. The summed E-state index contributed by atoms with van der Waals surface area (Å²) >= 11 is 0. The Bertz CT molecular complexity index is 1320. The molecular weight excluding hydrogens is 428 g/mol. The Morgan fingerprint density at radius 2 is 1.06 bits per heavy atom. The molecule has 4 aromatic carbocycles. The van der Waals surface area contributed by atoms with Crippen molar-refractivity contribution in [1.29, 1.82) is 0 Å². The quantitative estimate of drug-likeness (QED) is 0.188. The summed E-state index contributed by atoms with van der Waals surface area (Å²) in [5, 5.41) is 0. The Hall–Kier alpha value is -4.14. The highest BCUT2D eigenvalue weighted by Crippen LogP contribution is 2.32. The maximum atomic E-state index is 6.23. The van der Waals surface area contributed by atoms with Gasteiger partial charge in [0.15, 0.2) is 0 Å². The second-order valence-corrected chi connectivity index (χ2v) is 8.48. The molecule has 172 valence electrons. The van der Waals surface area contributed by atoms with E-state index in [2.05, 4.69) is 121 Å². The highest BCUT2D eigenvalue weighted by molar-refractivity contribution is 5.87. The van der Waals surface area contributed by atoms with Crippen molar-refractivity contribution in [2.24, 2.45) is 0 Å². The molecule has 35 heavy (non-hydrogen) atoms. The minimum absolute atomic E-state index is 0.196. The van der Waals surface area contributed by atoms with E-state index in [-0.39, 0.29) is 6.10 Å². The third kappa shape index (κ3) is 6.47. The molecule has 0 radical (unpaired) electrons. The van der Waals surface area contributed by atoms with Crippen molar-refractivity contribution in [1.82, 2.24) is 0 Å². The summed E-state index contributed by atoms with van der Waals surface area (Å²) in [5.41, 5.74) is 6.76. The van der Waals surface area contributed by atoms with Gasteiger partial charge in [-0.25, -0.2) is 0 Å². The number of epoxide rings is 1. The zero-order valence-electron chi connectivity index (χ0n) is 19.6. The molecule has 1 saturated heterocycles. The molecule has 1 heterocycles. The monoisotopic (exact) mass is 456 g/mol. The second kappa shape index (κ2) is 11.3. The average Bonchev–Trinajstić information content (AvgIpc) is 3.75. The molecule has 0 bridgehead atoms. The van der Waals surface area contributed by atoms with Crippen molar-refractivity contribution in [2.75, 3.05) is 13.2 Å². The largest absolute Gasteiger partial charge is 0.490 e. The SMILES string of the molecule is C(=Cc1ccc(OCC2CO2)c(C=Cc2ccccc2)c1C=Cc1ccccc1)c1ccccc1. The fourth-order valence-electron chi connectivity index (χ4n) is 3.85. The number of benzene rings is 4. The van der Waals surface area contributed by atoms with Crippen LogP contribution in [0.2, 0.25) is 0 Å². The van der Waals surface area contributed by atoms with E-state index in [1.165, 1.54) is 0 Å². The van der Waals surface area contributed by atoms with E-state index in [1.54, 1.807) is 0 Å². The average molecular weight is 457 g/mol. The maximum absolute atomic E-state index is 6.23. The normalized spacial score (nSPS) is 15.3. The Morgan fingerprint density at radius 1 is 0.571 bits per heavy atom. The lowest BCUT2D eigenvalue weighted by atomic mass is 9.96. The second-order valence-electron chi connectivity index (χ2n) is 8.48. The van der Waals surface area contributed by atoms with Gasteiger partial charge in [-0.15, -0.1) is 0 Å². The number of hydrogen-bond donors (Lipinski definition) is 0. The molecule has 1 aliphatic rings. The van der Waals surface area contributed by atoms with Crippen molar-refractivity contribution in [2.45, 2.75) is 6.10 Å². The number of hydrogen-bond acceptors (Lipinski definition) is 2. The zero-order valence-corrected chi connectivity index (χ0v) is 19.6. The first kappa shape index (κ1) is 22.6. The Labute approximate surface area is 207 Å². The van der Waals surface area contributed by atoms with Crippen LogP contribution in [-0.2, 0) is 4.74 Å². The van der Waals surface area contributed by atoms with E-state index >= 15 is 0 Å². The van der Waals surface area contributed by atoms with Gasteiger partial charge in [-0.1, -0.05) is 134 Å². The van der Waals surface area contributed by atoms with E-state index in [0.717, 1.165) is 45.7 Å². The molecule has 1 aliphatic heterocycles. The molecule has 0 spiro atoms. The van der Waals surface area contributed by atoms with Crippen LogP contribution < -0.4 is 4.74 Å². The summed E-state index contributed by atoms with van der Waals surface area (Å²) in [6, 6.07) is 35.3. The molecule has 0 aliphatic carbocycles. The summed E-state index contributed by atoms with van der Waals surface area (Å²) in [5.74, 6) is 0.859. The van der Waals surface area contributed by atoms with Gasteiger partial charge in [0.05, 0.1) is 6.61 Å². The van der Waals surface area contributed by atoms with Gasteiger partial charge in [-0.2, -0.15) is 0 Å². The predicted octanol–water partition coefficient (Wildman–Crippen LogP) is 7.98. The smallest absolute Gasteiger partial charge is 0.127 e. The van der Waals surface area contributed by atoms with Crippen LogP contribution in [-0.4, -0.2) is 19.3 Å². The summed E-state index contributed by atoms with van der Waals surface area (Å²) in [7, 11) is 0. The van der Waals surface area contributed by atoms with E-state index in [4.69, 9.17) is 9.47 Å². The standard InChI is InChI=1S/C33H28O2/c1-4-10-26(11-5-1)16-19-29-20-23-33(35-25-30-24-34-30)32(22-18-28-14-8-3-9-15-28)31(29)21-17-27-12-6-2-7-13-27/h1-23,30H,24-25H2. The van der Waals surface area contributed by atoms with Gasteiger partial charge in [-0.3, -0.25) is 0 Å². The van der Waals surface area contributed by atoms with Gasteiger partial charge >= 0.3 is 0 Å². The molecule has 0 aromatic heterocycles. The van der Waals surface area contributed by atoms with Crippen LogP contribution in [0.4, 0.5) is 0 Å². The first-order chi connectivity index (χ1) is 17.3. The third-order valence-electron chi connectivity index (χ3n) is 5.85. The minimum Gasteiger partial charge on any atom is -0.490 e. The van der Waals surface area contributed by atoms with E-state index in [1.807, 2.05) is 18.2 Å². The topological polar surface area (TPSA) is 21.8 Å². The van der Waals surface area contributed by atoms with E-state index < -0.39 is 0 Å². The highest BCUT2D eigenvalue weighted by atomic mass is 16.6. The van der Waals surface area contributed by atoms with E-state index in [9.17, 15) is 0 Å². The highest BCUT2D eigenvalue weighted by Gasteiger charge is 2.23. The number of ether oxygens (including phenoxy) is 2. The lowest BCUT2D eigenvalue weighted by Crippen LogP contribution is -2.06. The van der Waals surface area contributed by atoms with Gasteiger partial charge in [0, 0.05) is 5.56 Å². The Balaban J connectivity index is 1.58. The van der Waals surface area contributed by atoms with Crippen LogP contribution in [0.5, 0.6) is 5.75 Å². The van der Waals surface area contributed by atoms with E-state index in [0.29, 0.717) is 6.61 Å². The van der Waals surface area contributed by atoms with Crippen molar-refractivity contribution < 1.29 is 9.47 Å². The van der Waals surface area contributed by atoms with Gasteiger partial charge in [0.25, 0.3) is 0 Å². The molecule has 5 rings (SSSR count). The molecule has 2 heteroatoms. The summed E-state index contributed by atoms with van der Waals surface area (Å²) in [6.07, 6.45) is 13.2. The van der Waals surface area contributed by atoms with Crippen LogP contribution in [0.25, 0.3) is 36.5 Å². The molecule has 1 fully saturated rings. The maximum Gasteiger partial charge on any atom is 0.127 e. The van der Waals surface area contributed by atoms with Crippen LogP contribution in [0.3, 0.4) is 0 Å². The van der Waals surface area contributed by atoms with Crippen molar-refractivity contribution in [3.8, 4) is 5.75 Å². The van der Waals surface area contributed by atoms with Crippen LogP contribution in [0.15, 0.2) is 103 Å². The van der Waals surface area contributed by atoms with Gasteiger partial charge < -0.3 is 9.47 Å². The van der Waals surface area contributed by atoms with Crippen molar-refractivity contribution >= 4 is 36.5 Å². The van der Waals surface area contributed by atoms with Gasteiger partial charge in [0.2, 0.25) is 0 Å². The zero-order chi connectivity index (χ0) is 23.7. The van der Waals surface area contributed by atoms with Crippen LogP contribution >= 0.6 is 0 Å². The molecule has 1 unspecified atom stereocenters. The van der Waals surface area contributed by atoms with Crippen molar-refractivity contribution in [3.05, 3.63) is 137 Å². The lowest BCUT2D eigenvalue weighted by Gasteiger charge is -2.14. The fourth-order valence-corrected chi connectivity index (χ4v) is 3.85. The Kier molecular flexibility index (Phi) is 7.33. The summed E-state index contributed by atoms with van der Waals surface area (Å²) in [6.45, 7) is 1.33. The van der Waals surface area contributed by atoms with Crippen LogP contribution in [0, 0.1) is 0 Å². The molecule has 0 saturated carbocycles. The molecule has 0 amide bonds. The lowest BCUT2D eigenvalue weighted by molar-refractivity contribution is 0.262. The third-order valence-corrected chi connectivity index (χ3v) is 5.85. The number of rotatable bonds is 9. The van der Waals surface area contributed by atoms with Crippen molar-refractivity contribution in [3.63, 3.8) is 0 Å². The fraction of sp³-hybridized carbons (Fsp3) is 0.0909. The Morgan fingerprint density at radius 3 is 1.57 bits per heavy atom.